The first kappa shape index (κ1) is 21.0. The second-order valence-corrected chi connectivity index (χ2v) is 6.69. The van der Waals surface area contributed by atoms with Gasteiger partial charge in [0, 0.05) is 18.3 Å². The van der Waals surface area contributed by atoms with Gasteiger partial charge in [-0.05, 0) is 50.1 Å². The number of nitrogens with zero attached hydrogens (tertiary/aromatic N) is 1. The number of hydrogen-bond donors (Lipinski definition) is 2. The summed E-state index contributed by atoms with van der Waals surface area (Å²) in [5.41, 5.74) is 4.10. The summed E-state index contributed by atoms with van der Waals surface area (Å²) in [5, 5.41) is 11.5. The lowest BCUT2D eigenvalue weighted by molar-refractivity contribution is -0.139. The van der Waals surface area contributed by atoms with E-state index in [9.17, 15) is 14.4 Å². The fourth-order valence-corrected chi connectivity index (χ4v) is 2.93. The van der Waals surface area contributed by atoms with Gasteiger partial charge in [-0.25, -0.2) is 4.79 Å². The molecule has 0 atom stereocenters. The summed E-state index contributed by atoms with van der Waals surface area (Å²) in [7, 11) is 1.53. The van der Waals surface area contributed by atoms with Crippen molar-refractivity contribution in [3.63, 3.8) is 0 Å². The molecule has 0 heterocycles. The molecule has 0 aliphatic rings. The Bertz CT molecular complexity index is 884. The maximum absolute atomic E-state index is 12.6. The van der Waals surface area contributed by atoms with Gasteiger partial charge in [-0.1, -0.05) is 23.8 Å². The number of amides is 2. The lowest BCUT2D eigenvalue weighted by Gasteiger charge is -2.19. The third-order valence-electron chi connectivity index (χ3n) is 4.11. The number of carboxylic acids is 1. The number of carboxylic acid groups (broad SMARTS) is 1. The number of benzene rings is 2. The Morgan fingerprint density at radius 2 is 1.71 bits per heavy atom. The van der Waals surface area contributed by atoms with Crippen LogP contribution in [0.15, 0.2) is 36.4 Å². The summed E-state index contributed by atoms with van der Waals surface area (Å²) in [6.45, 7) is 5.23. The number of aliphatic carboxylic acids is 1. The Morgan fingerprint density at radius 3 is 2.32 bits per heavy atom. The summed E-state index contributed by atoms with van der Waals surface area (Å²) >= 11 is 0. The summed E-state index contributed by atoms with van der Waals surface area (Å²) < 4.78 is 5.08. The third kappa shape index (κ3) is 5.57. The fraction of sp³-hybridized carbons (Fsp3) is 0.286. The molecule has 0 bridgehead atoms. The Morgan fingerprint density at radius 1 is 1.07 bits per heavy atom. The summed E-state index contributed by atoms with van der Waals surface area (Å²) in [6, 6.07) is 10.2. The Hall–Kier alpha value is -3.35. The van der Waals surface area contributed by atoms with Crippen molar-refractivity contribution in [2.75, 3.05) is 25.5 Å². The highest BCUT2D eigenvalue weighted by atomic mass is 16.5. The van der Waals surface area contributed by atoms with Gasteiger partial charge in [0.1, 0.15) is 5.75 Å². The van der Waals surface area contributed by atoms with Gasteiger partial charge in [0.25, 0.3) is 5.91 Å². The van der Waals surface area contributed by atoms with Gasteiger partial charge >= 0.3 is 5.97 Å². The van der Waals surface area contributed by atoms with Gasteiger partial charge in [0.2, 0.25) is 5.91 Å². The average molecular weight is 384 g/mol. The molecule has 0 saturated carbocycles. The predicted molar refractivity (Wildman–Crippen MR) is 106 cm³/mol. The van der Waals surface area contributed by atoms with Gasteiger partial charge in [0.15, 0.2) is 6.61 Å². The van der Waals surface area contributed by atoms with E-state index in [2.05, 4.69) is 5.32 Å². The molecule has 7 nitrogen and oxygen atoms in total. The summed E-state index contributed by atoms with van der Waals surface area (Å²) in [4.78, 5) is 36.9. The molecule has 0 spiro atoms. The molecule has 2 N–H and O–H groups in total. The van der Waals surface area contributed by atoms with Crippen LogP contribution in [-0.4, -0.2) is 48.0 Å². The zero-order valence-corrected chi connectivity index (χ0v) is 16.4. The van der Waals surface area contributed by atoms with Crippen LogP contribution >= 0.6 is 0 Å². The number of hydrogen-bond acceptors (Lipinski definition) is 4. The molecule has 0 fully saturated rings. The van der Waals surface area contributed by atoms with E-state index in [1.807, 2.05) is 32.9 Å². The molecule has 0 saturated heterocycles. The number of carbonyl (C=O) groups is 3. The van der Waals surface area contributed by atoms with Gasteiger partial charge in [-0.15, -0.1) is 0 Å². The number of rotatable bonds is 7. The van der Waals surface area contributed by atoms with Crippen LogP contribution in [0.3, 0.4) is 0 Å². The lowest BCUT2D eigenvalue weighted by atomic mass is 10.1. The van der Waals surface area contributed by atoms with Crippen molar-refractivity contribution in [2.45, 2.75) is 20.8 Å². The van der Waals surface area contributed by atoms with Crippen molar-refractivity contribution < 1.29 is 24.2 Å². The smallest absolute Gasteiger partial charge is 0.341 e. The summed E-state index contributed by atoms with van der Waals surface area (Å²) in [5.74, 6) is -1.50. The summed E-state index contributed by atoms with van der Waals surface area (Å²) in [6.07, 6.45) is 0. The second kappa shape index (κ2) is 9.03. The molecule has 0 aliphatic heterocycles. The molecule has 2 amide bonds. The number of ether oxygens (including phenoxy) is 1. The minimum Gasteiger partial charge on any atom is -0.482 e. The van der Waals surface area contributed by atoms with Crippen LogP contribution in [0.5, 0.6) is 5.75 Å². The van der Waals surface area contributed by atoms with E-state index >= 15 is 0 Å². The van der Waals surface area contributed by atoms with Gasteiger partial charge in [-0.2, -0.15) is 0 Å². The van der Waals surface area contributed by atoms with E-state index in [0.29, 0.717) is 5.56 Å². The largest absolute Gasteiger partial charge is 0.482 e. The average Bonchev–Trinajstić information content (AvgIpc) is 2.62. The van der Waals surface area contributed by atoms with E-state index < -0.39 is 12.6 Å². The van der Waals surface area contributed by atoms with E-state index in [-0.39, 0.29) is 24.1 Å². The Balaban J connectivity index is 2.03. The SMILES string of the molecule is Cc1cc(C)c(NC(=O)CN(C)C(=O)c2cccc(OCC(=O)O)c2)c(C)c1. The topological polar surface area (TPSA) is 95.9 Å². The van der Waals surface area contributed by atoms with Crippen molar-refractivity contribution in [3.05, 3.63) is 58.7 Å². The van der Waals surface area contributed by atoms with Crippen molar-refractivity contribution in [3.8, 4) is 5.75 Å². The highest BCUT2D eigenvalue weighted by molar-refractivity contribution is 6.00. The van der Waals surface area contributed by atoms with Crippen LogP contribution in [0.1, 0.15) is 27.0 Å². The van der Waals surface area contributed by atoms with Crippen molar-refractivity contribution in [1.82, 2.24) is 4.90 Å². The lowest BCUT2D eigenvalue weighted by Crippen LogP contribution is -2.35. The van der Waals surface area contributed by atoms with Gasteiger partial charge < -0.3 is 20.1 Å². The Labute approximate surface area is 163 Å². The van der Waals surface area contributed by atoms with Crippen LogP contribution in [0.4, 0.5) is 5.69 Å². The molecule has 148 valence electrons. The zero-order chi connectivity index (χ0) is 20.8. The normalized spacial score (nSPS) is 10.3. The van der Waals surface area contributed by atoms with E-state index in [1.165, 1.54) is 18.0 Å². The van der Waals surface area contributed by atoms with Crippen LogP contribution < -0.4 is 10.1 Å². The molecule has 0 radical (unpaired) electrons. The maximum atomic E-state index is 12.6. The monoisotopic (exact) mass is 384 g/mol. The van der Waals surface area contributed by atoms with Crippen molar-refractivity contribution in [2.24, 2.45) is 0 Å². The second-order valence-electron chi connectivity index (χ2n) is 6.69. The van der Waals surface area contributed by atoms with Crippen LogP contribution in [0.2, 0.25) is 0 Å². The molecule has 2 rings (SSSR count). The fourth-order valence-electron chi connectivity index (χ4n) is 2.93. The van der Waals surface area contributed by atoms with E-state index in [4.69, 9.17) is 9.84 Å². The molecule has 2 aromatic carbocycles. The first-order valence-corrected chi connectivity index (χ1v) is 8.75. The number of carbonyl (C=O) groups excluding carboxylic acids is 2. The maximum Gasteiger partial charge on any atom is 0.341 e. The number of aryl methyl sites for hydroxylation is 3. The van der Waals surface area contributed by atoms with Crippen molar-refractivity contribution in [1.29, 1.82) is 0 Å². The predicted octanol–water partition coefficient (Wildman–Crippen LogP) is 2.79. The zero-order valence-electron chi connectivity index (χ0n) is 16.4. The van der Waals surface area contributed by atoms with Crippen LogP contribution in [-0.2, 0) is 9.59 Å². The molecular weight excluding hydrogens is 360 g/mol. The highest BCUT2D eigenvalue weighted by Crippen LogP contribution is 2.22. The van der Waals surface area contributed by atoms with E-state index in [0.717, 1.165) is 22.4 Å². The first-order valence-electron chi connectivity index (χ1n) is 8.75. The molecular formula is C21H24N2O5. The number of likely N-dealkylation sites (N-methyl/N-ethyl adjacent to an activating group) is 1. The molecule has 0 aliphatic carbocycles. The first-order chi connectivity index (χ1) is 13.2. The third-order valence-corrected chi connectivity index (χ3v) is 4.11. The minimum absolute atomic E-state index is 0.119. The highest BCUT2D eigenvalue weighted by Gasteiger charge is 2.17. The molecule has 0 unspecified atom stereocenters. The standard InChI is InChI=1S/C21H24N2O5/c1-13-8-14(2)20(15(3)9-13)22-18(24)11-23(4)21(27)16-6-5-7-17(10-16)28-12-19(25)26/h5-10H,11-12H2,1-4H3,(H,22,24)(H,25,26). The van der Waals surface area contributed by atoms with Crippen LogP contribution in [0.25, 0.3) is 0 Å². The molecule has 2 aromatic rings. The number of anilines is 1. The van der Waals surface area contributed by atoms with Crippen LogP contribution in [0, 0.1) is 20.8 Å². The van der Waals surface area contributed by atoms with Gasteiger partial charge in [-0.3, -0.25) is 9.59 Å². The molecule has 7 heteroatoms. The Kier molecular flexibility index (Phi) is 6.76. The van der Waals surface area contributed by atoms with Crippen molar-refractivity contribution >= 4 is 23.5 Å². The molecule has 0 aromatic heterocycles. The van der Waals surface area contributed by atoms with E-state index in [1.54, 1.807) is 18.2 Å². The minimum atomic E-state index is -1.10. The molecule has 28 heavy (non-hydrogen) atoms. The number of nitrogens with one attached hydrogen (secondary N) is 1. The van der Waals surface area contributed by atoms with Gasteiger partial charge in [0.05, 0.1) is 6.54 Å². The quantitative estimate of drug-likeness (QED) is 0.765.